The molecule has 0 N–H and O–H groups in total. The fourth-order valence-electron chi connectivity index (χ4n) is 1.56. The largest absolute Gasteiger partial charge is 0.316 e. The molecular formula is C9H18FNOS. The van der Waals surface area contributed by atoms with Gasteiger partial charge in [-0.3, -0.25) is 0 Å². The lowest BCUT2D eigenvalue weighted by Crippen LogP contribution is -2.35. The van der Waals surface area contributed by atoms with Gasteiger partial charge in [0.25, 0.3) is 0 Å². The van der Waals surface area contributed by atoms with Crippen LogP contribution in [0.2, 0.25) is 0 Å². The van der Waals surface area contributed by atoms with Gasteiger partial charge in [0, 0.05) is 25.9 Å². The molecule has 2 nitrogen and oxygen atoms in total. The van der Waals surface area contributed by atoms with E-state index in [9.17, 15) is 4.39 Å². The number of hydrogen-bond acceptors (Lipinski definition) is 3. The van der Waals surface area contributed by atoms with Crippen LogP contribution in [0.3, 0.4) is 0 Å². The molecule has 1 heterocycles. The number of nitrogens with zero attached hydrogens (tertiary/aromatic N) is 1. The Balaban J connectivity index is 1.96. The third-order valence-corrected chi connectivity index (χ3v) is 2.74. The first-order valence-corrected chi connectivity index (χ1v) is 6.00. The van der Waals surface area contributed by atoms with Crippen molar-refractivity contribution in [2.24, 2.45) is 0 Å². The lowest BCUT2D eigenvalue weighted by molar-refractivity contribution is 0.145. The smallest absolute Gasteiger partial charge is 0.103 e. The molecule has 1 fully saturated rings. The summed E-state index contributed by atoms with van der Waals surface area (Å²) in [5.41, 5.74) is 0. The lowest BCUT2D eigenvalue weighted by atomic mass is 10.1. The van der Waals surface area contributed by atoms with E-state index in [-0.39, 0.29) is 0 Å². The number of halogens is 1. The Morgan fingerprint density at radius 2 is 2.15 bits per heavy atom. The van der Waals surface area contributed by atoms with Crippen LogP contribution in [-0.2, 0) is 4.18 Å². The Labute approximate surface area is 84.0 Å². The second-order valence-electron chi connectivity index (χ2n) is 3.36. The normalized spacial score (nSPS) is 20.8. The molecule has 0 aromatic rings. The van der Waals surface area contributed by atoms with Gasteiger partial charge in [-0.25, -0.2) is 4.39 Å². The van der Waals surface area contributed by atoms with Crippen LogP contribution < -0.4 is 0 Å². The van der Waals surface area contributed by atoms with Gasteiger partial charge in [-0.15, -0.1) is 0 Å². The highest BCUT2D eigenvalue weighted by molar-refractivity contribution is 7.93. The second kappa shape index (κ2) is 6.62. The molecule has 0 bridgehead atoms. The zero-order valence-electron chi connectivity index (χ0n) is 8.17. The molecule has 0 spiro atoms. The summed E-state index contributed by atoms with van der Waals surface area (Å²) in [7, 11) is 0. The average Bonchev–Trinajstić information content (AvgIpc) is 2.15. The molecule has 0 aliphatic carbocycles. The van der Waals surface area contributed by atoms with Crippen molar-refractivity contribution in [2.75, 3.05) is 32.5 Å². The zero-order valence-corrected chi connectivity index (χ0v) is 8.99. The van der Waals surface area contributed by atoms with Gasteiger partial charge in [-0.05, 0) is 31.3 Å². The van der Waals surface area contributed by atoms with Crippen molar-refractivity contribution >= 4 is 12.0 Å². The Morgan fingerprint density at radius 1 is 1.46 bits per heavy atom. The number of likely N-dealkylation sites (tertiary alicyclic amines) is 1. The summed E-state index contributed by atoms with van der Waals surface area (Å²) in [4.78, 5) is 2.32. The van der Waals surface area contributed by atoms with Gasteiger partial charge in [0.15, 0.2) is 0 Å². The molecule has 4 heteroatoms. The molecule has 1 aliphatic heterocycles. The molecular weight excluding hydrogens is 189 g/mol. The van der Waals surface area contributed by atoms with Gasteiger partial charge in [0.1, 0.15) is 6.17 Å². The maximum Gasteiger partial charge on any atom is 0.103 e. The van der Waals surface area contributed by atoms with Crippen LogP contribution >= 0.6 is 12.0 Å². The number of alkyl halides is 1. The van der Waals surface area contributed by atoms with E-state index >= 15 is 0 Å². The first-order chi connectivity index (χ1) is 6.33. The summed E-state index contributed by atoms with van der Waals surface area (Å²) < 4.78 is 17.9. The summed E-state index contributed by atoms with van der Waals surface area (Å²) >= 11 is 1.41. The van der Waals surface area contributed by atoms with Gasteiger partial charge in [-0.1, -0.05) is 0 Å². The summed E-state index contributed by atoms with van der Waals surface area (Å²) in [6.45, 7) is 3.69. The highest BCUT2D eigenvalue weighted by atomic mass is 32.2. The van der Waals surface area contributed by atoms with Crippen LogP contribution in [-0.4, -0.2) is 43.6 Å². The van der Waals surface area contributed by atoms with E-state index < -0.39 is 6.17 Å². The molecule has 0 aromatic heterocycles. The topological polar surface area (TPSA) is 12.5 Å². The van der Waals surface area contributed by atoms with Crippen molar-refractivity contribution in [1.82, 2.24) is 4.90 Å². The minimum absolute atomic E-state index is 0.557. The molecule has 1 rings (SSSR count). The van der Waals surface area contributed by atoms with Crippen LogP contribution in [0.5, 0.6) is 0 Å². The minimum Gasteiger partial charge on any atom is -0.316 e. The highest BCUT2D eigenvalue weighted by Gasteiger charge is 2.17. The summed E-state index contributed by atoms with van der Waals surface area (Å²) in [6, 6.07) is 0. The molecule has 0 amide bonds. The summed E-state index contributed by atoms with van der Waals surface area (Å²) in [5.74, 6) is 0. The van der Waals surface area contributed by atoms with Gasteiger partial charge >= 0.3 is 0 Å². The van der Waals surface area contributed by atoms with E-state index in [2.05, 4.69) is 4.90 Å². The fraction of sp³-hybridized carbons (Fsp3) is 1.00. The molecule has 1 saturated heterocycles. The predicted octanol–water partition coefficient (Wildman–Crippen LogP) is 2.10. The van der Waals surface area contributed by atoms with Crippen LogP contribution in [0.1, 0.15) is 19.3 Å². The van der Waals surface area contributed by atoms with E-state index in [1.54, 1.807) is 0 Å². The lowest BCUT2D eigenvalue weighted by Gasteiger charge is -2.28. The maximum absolute atomic E-state index is 12.7. The van der Waals surface area contributed by atoms with Gasteiger partial charge < -0.3 is 9.08 Å². The van der Waals surface area contributed by atoms with E-state index in [1.807, 2.05) is 6.26 Å². The third-order valence-electron chi connectivity index (χ3n) is 2.34. The quantitative estimate of drug-likeness (QED) is 0.506. The summed E-state index contributed by atoms with van der Waals surface area (Å²) in [5, 5.41) is 0. The monoisotopic (exact) mass is 207 g/mol. The molecule has 13 heavy (non-hydrogen) atoms. The van der Waals surface area contributed by atoms with Crippen molar-refractivity contribution in [3.63, 3.8) is 0 Å². The first-order valence-electron chi connectivity index (χ1n) is 4.85. The van der Waals surface area contributed by atoms with Gasteiger partial charge in [0.2, 0.25) is 0 Å². The zero-order chi connectivity index (χ0) is 9.52. The number of piperidine rings is 1. The van der Waals surface area contributed by atoms with Gasteiger partial charge in [0.05, 0.1) is 6.61 Å². The minimum atomic E-state index is -0.557. The Kier molecular flexibility index (Phi) is 5.75. The van der Waals surface area contributed by atoms with E-state index in [1.165, 1.54) is 12.0 Å². The molecule has 0 atom stereocenters. The fourth-order valence-corrected chi connectivity index (χ4v) is 1.84. The van der Waals surface area contributed by atoms with Crippen molar-refractivity contribution < 1.29 is 8.57 Å². The van der Waals surface area contributed by atoms with Crippen LogP contribution in [0.15, 0.2) is 0 Å². The van der Waals surface area contributed by atoms with Crippen LogP contribution in [0.25, 0.3) is 0 Å². The van der Waals surface area contributed by atoms with Gasteiger partial charge in [-0.2, -0.15) is 0 Å². The first kappa shape index (κ1) is 11.3. The molecule has 78 valence electrons. The number of rotatable bonds is 5. The Bertz CT molecular complexity index is 129. The predicted molar refractivity (Wildman–Crippen MR) is 54.7 cm³/mol. The third kappa shape index (κ3) is 4.84. The second-order valence-corrected chi connectivity index (χ2v) is 3.93. The molecule has 0 aromatic carbocycles. The van der Waals surface area contributed by atoms with Crippen molar-refractivity contribution in [3.05, 3.63) is 0 Å². The molecule has 1 aliphatic rings. The standard InChI is InChI=1S/C9H18FNOS/c1-13-12-8-2-5-11-6-3-9(10)4-7-11/h9H,2-8H2,1H3. The molecule has 0 radical (unpaired) electrons. The average molecular weight is 207 g/mol. The SMILES string of the molecule is CSOCCCN1CCC(F)CC1. The Morgan fingerprint density at radius 3 is 2.77 bits per heavy atom. The molecule has 0 unspecified atom stereocenters. The van der Waals surface area contributed by atoms with Crippen molar-refractivity contribution in [2.45, 2.75) is 25.4 Å². The van der Waals surface area contributed by atoms with E-state index in [0.29, 0.717) is 12.8 Å². The molecule has 0 saturated carbocycles. The highest BCUT2D eigenvalue weighted by Crippen LogP contribution is 2.13. The van der Waals surface area contributed by atoms with Crippen LogP contribution in [0.4, 0.5) is 4.39 Å². The summed E-state index contributed by atoms with van der Waals surface area (Å²) in [6.07, 6.45) is 3.85. The Hall–Kier alpha value is 0.200. The van der Waals surface area contributed by atoms with E-state index in [0.717, 1.165) is 32.7 Å². The van der Waals surface area contributed by atoms with Crippen molar-refractivity contribution in [1.29, 1.82) is 0 Å². The van der Waals surface area contributed by atoms with E-state index in [4.69, 9.17) is 4.18 Å². The van der Waals surface area contributed by atoms with Crippen molar-refractivity contribution in [3.8, 4) is 0 Å². The maximum atomic E-state index is 12.7. The van der Waals surface area contributed by atoms with Crippen LogP contribution in [0, 0.1) is 0 Å². The number of hydrogen-bond donors (Lipinski definition) is 0.